The zero-order chi connectivity index (χ0) is 12.3. The highest BCUT2D eigenvalue weighted by Crippen LogP contribution is 2.29. The van der Waals surface area contributed by atoms with Crippen molar-refractivity contribution in [3.8, 4) is 5.75 Å². The van der Waals surface area contributed by atoms with E-state index in [1.54, 1.807) is 6.92 Å². The molecule has 0 saturated heterocycles. The van der Waals surface area contributed by atoms with Crippen LogP contribution in [0.4, 0.5) is 0 Å². The van der Waals surface area contributed by atoms with Crippen LogP contribution >= 0.6 is 0 Å². The number of benzene rings is 1. The fraction of sp³-hybridized carbons (Fsp3) is 0.500. The Hall–Kier alpha value is -1.51. The topological polar surface area (TPSA) is 46.5 Å². The fourth-order valence-electron chi connectivity index (χ4n) is 2.17. The van der Waals surface area contributed by atoms with Crippen LogP contribution < -0.4 is 4.74 Å². The van der Waals surface area contributed by atoms with Crippen molar-refractivity contribution in [2.75, 3.05) is 6.61 Å². The van der Waals surface area contributed by atoms with E-state index in [2.05, 4.69) is 6.07 Å². The minimum absolute atomic E-state index is 0.242. The molecule has 0 fully saturated rings. The lowest BCUT2D eigenvalue weighted by atomic mass is 9.91. The smallest absolute Gasteiger partial charge is 0.309 e. The summed E-state index contributed by atoms with van der Waals surface area (Å²) in [5.41, 5.74) is 2.63. The molecule has 1 aliphatic rings. The number of fused-ring (bicyclic) bond motifs is 1. The third kappa shape index (κ3) is 2.78. The number of aryl methyl sites for hydroxylation is 1. The average molecular weight is 234 g/mol. The van der Waals surface area contributed by atoms with Gasteiger partial charge in [0.1, 0.15) is 12.4 Å². The molecule has 0 heterocycles. The quantitative estimate of drug-likeness (QED) is 0.871. The monoisotopic (exact) mass is 234 g/mol. The number of carboxylic acid groups (broad SMARTS) is 1. The first-order valence-electron chi connectivity index (χ1n) is 6.15. The first kappa shape index (κ1) is 12.0. The van der Waals surface area contributed by atoms with Crippen LogP contribution in [0.3, 0.4) is 0 Å². The van der Waals surface area contributed by atoms with Crippen molar-refractivity contribution in [1.29, 1.82) is 0 Å². The number of aliphatic carboxylic acids is 1. The zero-order valence-corrected chi connectivity index (χ0v) is 10.1. The maximum atomic E-state index is 10.7. The largest absolute Gasteiger partial charge is 0.492 e. The number of rotatable bonds is 4. The van der Waals surface area contributed by atoms with Crippen molar-refractivity contribution in [1.82, 2.24) is 0 Å². The van der Waals surface area contributed by atoms with Crippen molar-refractivity contribution < 1.29 is 14.6 Å². The zero-order valence-electron chi connectivity index (χ0n) is 10.1. The number of hydrogen-bond donors (Lipinski definition) is 1. The van der Waals surface area contributed by atoms with E-state index < -0.39 is 11.9 Å². The van der Waals surface area contributed by atoms with Crippen LogP contribution in [0.5, 0.6) is 5.75 Å². The van der Waals surface area contributed by atoms with Crippen molar-refractivity contribution >= 4 is 5.97 Å². The molecule has 1 aliphatic carbocycles. The summed E-state index contributed by atoms with van der Waals surface area (Å²) in [6.07, 6.45) is 4.60. The summed E-state index contributed by atoms with van der Waals surface area (Å²) in [5.74, 6) is -0.403. The second-order valence-electron chi connectivity index (χ2n) is 4.65. The minimum atomic E-state index is -0.810. The van der Waals surface area contributed by atoms with E-state index in [0.29, 0.717) is 0 Å². The van der Waals surface area contributed by atoms with Gasteiger partial charge in [0.15, 0.2) is 0 Å². The Kier molecular flexibility index (Phi) is 3.67. The lowest BCUT2D eigenvalue weighted by molar-refractivity contribution is -0.142. The predicted molar refractivity (Wildman–Crippen MR) is 65.4 cm³/mol. The van der Waals surface area contributed by atoms with Gasteiger partial charge in [-0.2, -0.15) is 0 Å². The van der Waals surface area contributed by atoms with Crippen LogP contribution in [0, 0.1) is 5.92 Å². The molecule has 1 N–H and O–H groups in total. The maximum Gasteiger partial charge on any atom is 0.309 e. The van der Waals surface area contributed by atoms with Crippen LogP contribution in [0.15, 0.2) is 18.2 Å². The van der Waals surface area contributed by atoms with Gasteiger partial charge in [0.2, 0.25) is 0 Å². The first-order chi connectivity index (χ1) is 8.18. The van der Waals surface area contributed by atoms with E-state index in [1.165, 1.54) is 24.0 Å². The number of carbonyl (C=O) groups is 1. The lowest BCUT2D eigenvalue weighted by Gasteiger charge is -2.20. The molecular weight excluding hydrogens is 216 g/mol. The van der Waals surface area contributed by atoms with Gasteiger partial charge in [-0.1, -0.05) is 12.1 Å². The summed E-state index contributed by atoms with van der Waals surface area (Å²) in [6.45, 7) is 1.91. The normalized spacial score (nSPS) is 16.1. The molecule has 1 aromatic carbocycles. The van der Waals surface area contributed by atoms with Crippen molar-refractivity contribution in [3.63, 3.8) is 0 Å². The summed E-state index contributed by atoms with van der Waals surface area (Å²) < 4.78 is 5.65. The Morgan fingerprint density at radius 2 is 2.18 bits per heavy atom. The Bertz CT molecular complexity index is 412. The second kappa shape index (κ2) is 5.21. The molecule has 1 atom stereocenters. The highest BCUT2D eigenvalue weighted by molar-refractivity contribution is 5.69. The van der Waals surface area contributed by atoms with Crippen LogP contribution in [-0.2, 0) is 17.6 Å². The van der Waals surface area contributed by atoms with Gasteiger partial charge < -0.3 is 9.84 Å². The molecule has 0 spiro atoms. The lowest BCUT2D eigenvalue weighted by Crippen LogP contribution is -2.18. The molecule has 0 radical (unpaired) electrons. The highest BCUT2D eigenvalue weighted by Gasteiger charge is 2.16. The van der Waals surface area contributed by atoms with Crippen LogP contribution in [-0.4, -0.2) is 17.7 Å². The van der Waals surface area contributed by atoms with Crippen molar-refractivity contribution in [3.05, 3.63) is 29.3 Å². The average Bonchev–Trinajstić information content (AvgIpc) is 2.35. The standard InChI is InChI=1S/C14H18O3/c1-10(14(15)16)9-17-13-8-4-6-11-5-2-3-7-12(11)13/h4,6,8,10H,2-3,5,7,9H2,1H3,(H,15,16). The van der Waals surface area contributed by atoms with E-state index in [9.17, 15) is 4.79 Å². The fourth-order valence-corrected chi connectivity index (χ4v) is 2.17. The SMILES string of the molecule is CC(COc1cccc2c1CCCC2)C(=O)O. The van der Waals surface area contributed by atoms with Gasteiger partial charge in [0, 0.05) is 0 Å². The van der Waals surface area contributed by atoms with Gasteiger partial charge >= 0.3 is 5.97 Å². The maximum absolute atomic E-state index is 10.7. The highest BCUT2D eigenvalue weighted by atomic mass is 16.5. The molecule has 3 heteroatoms. The van der Waals surface area contributed by atoms with Crippen LogP contribution in [0.1, 0.15) is 30.9 Å². The van der Waals surface area contributed by atoms with E-state index in [4.69, 9.17) is 9.84 Å². The van der Waals surface area contributed by atoms with Gasteiger partial charge in [0.05, 0.1) is 5.92 Å². The van der Waals surface area contributed by atoms with Crippen molar-refractivity contribution in [2.24, 2.45) is 5.92 Å². The molecule has 17 heavy (non-hydrogen) atoms. The van der Waals surface area contributed by atoms with E-state index in [-0.39, 0.29) is 6.61 Å². The summed E-state index contributed by atoms with van der Waals surface area (Å²) in [5, 5.41) is 8.82. The minimum Gasteiger partial charge on any atom is -0.492 e. The molecule has 1 unspecified atom stereocenters. The summed E-state index contributed by atoms with van der Waals surface area (Å²) in [6, 6.07) is 6.08. The van der Waals surface area contributed by atoms with Gasteiger partial charge in [0.25, 0.3) is 0 Å². The van der Waals surface area contributed by atoms with Gasteiger partial charge in [-0.15, -0.1) is 0 Å². The molecule has 1 aromatic rings. The van der Waals surface area contributed by atoms with Crippen LogP contribution in [0.2, 0.25) is 0 Å². The van der Waals surface area contributed by atoms with E-state index in [1.807, 2.05) is 12.1 Å². The second-order valence-corrected chi connectivity index (χ2v) is 4.65. The molecule has 0 aromatic heterocycles. The Labute approximate surface area is 101 Å². The Balaban J connectivity index is 2.08. The first-order valence-corrected chi connectivity index (χ1v) is 6.15. The molecule has 92 valence electrons. The predicted octanol–water partition coefficient (Wildman–Crippen LogP) is 2.66. The molecule has 0 aliphatic heterocycles. The third-order valence-electron chi connectivity index (χ3n) is 3.26. The third-order valence-corrected chi connectivity index (χ3v) is 3.26. The van der Waals surface area contributed by atoms with E-state index in [0.717, 1.165) is 18.6 Å². The van der Waals surface area contributed by atoms with Gasteiger partial charge in [-0.05, 0) is 49.8 Å². The van der Waals surface area contributed by atoms with Gasteiger partial charge in [-0.25, -0.2) is 0 Å². The number of ether oxygens (including phenoxy) is 1. The summed E-state index contributed by atoms with van der Waals surface area (Å²) >= 11 is 0. The molecule has 3 nitrogen and oxygen atoms in total. The van der Waals surface area contributed by atoms with Crippen LogP contribution in [0.25, 0.3) is 0 Å². The van der Waals surface area contributed by atoms with Crippen molar-refractivity contribution in [2.45, 2.75) is 32.6 Å². The molecule has 0 saturated carbocycles. The molecule has 2 rings (SSSR count). The Morgan fingerprint density at radius 3 is 2.94 bits per heavy atom. The van der Waals surface area contributed by atoms with E-state index >= 15 is 0 Å². The van der Waals surface area contributed by atoms with Gasteiger partial charge in [-0.3, -0.25) is 4.79 Å². The summed E-state index contributed by atoms with van der Waals surface area (Å²) in [4.78, 5) is 10.7. The summed E-state index contributed by atoms with van der Waals surface area (Å²) in [7, 11) is 0. The number of carboxylic acids is 1. The molecule has 0 amide bonds. The Morgan fingerprint density at radius 1 is 1.41 bits per heavy atom. The molecule has 0 bridgehead atoms. The number of hydrogen-bond acceptors (Lipinski definition) is 2. The molecular formula is C14H18O3.